The van der Waals surface area contributed by atoms with E-state index in [0.717, 1.165) is 30.8 Å². The number of hydrogen-bond donors (Lipinski definition) is 1. The third-order valence-electron chi connectivity index (χ3n) is 3.19. The van der Waals surface area contributed by atoms with Crippen LogP contribution in [0.5, 0.6) is 11.5 Å². The largest absolute Gasteiger partial charge is 0.493 e. The number of ether oxygens (including phenoxy) is 3. The summed E-state index contributed by atoms with van der Waals surface area (Å²) in [5.41, 5.74) is 5.83. The van der Waals surface area contributed by atoms with Gasteiger partial charge in [-0.3, -0.25) is 0 Å². The summed E-state index contributed by atoms with van der Waals surface area (Å²) in [5, 5.41) is 0. The van der Waals surface area contributed by atoms with Gasteiger partial charge in [-0.2, -0.15) is 0 Å². The Morgan fingerprint density at radius 2 is 1.94 bits per heavy atom. The second-order valence-corrected chi connectivity index (χ2v) is 4.57. The second kappa shape index (κ2) is 6.61. The van der Waals surface area contributed by atoms with Gasteiger partial charge in [-0.1, -0.05) is 12.1 Å². The van der Waals surface area contributed by atoms with Crippen molar-refractivity contribution in [3.8, 4) is 11.5 Å². The Balaban J connectivity index is 1.69. The maximum Gasteiger partial charge on any atom is 0.161 e. The van der Waals surface area contributed by atoms with Crippen molar-refractivity contribution in [3.05, 3.63) is 24.3 Å². The zero-order chi connectivity index (χ0) is 12.8. The first kappa shape index (κ1) is 13.2. The normalized spacial score (nSPS) is 23.0. The van der Waals surface area contributed by atoms with Crippen LogP contribution in [0.4, 0.5) is 0 Å². The molecule has 0 aliphatic heterocycles. The van der Waals surface area contributed by atoms with Crippen LogP contribution < -0.4 is 15.2 Å². The first-order chi connectivity index (χ1) is 8.79. The Labute approximate surface area is 108 Å². The van der Waals surface area contributed by atoms with Gasteiger partial charge in [-0.25, -0.2) is 0 Å². The molecule has 1 aromatic rings. The Kier molecular flexibility index (Phi) is 4.84. The lowest BCUT2D eigenvalue weighted by Gasteiger charge is -2.13. The number of nitrogens with two attached hydrogens (primary N) is 1. The Bertz CT molecular complexity index is 370. The zero-order valence-corrected chi connectivity index (χ0v) is 10.8. The van der Waals surface area contributed by atoms with Crippen LogP contribution in [0.25, 0.3) is 0 Å². The lowest BCUT2D eigenvalue weighted by Crippen LogP contribution is -2.19. The molecule has 4 nitrogen and oxygen atoms in total. The molecule has 0 amide bonds. The zero-order valence-electron chi connectivity index (χ0n) is 10.8. The van der Waals surface area contributed by atoms with E-state index < -0.39 is 0 Å². The highest BCUT2D eigenvalue weighted by molar-refractivity contribution is 5.39. The molecule has 0 spiro atoms. The Morgan fingerprint density at radius 3 is 2.61 bits per heavy atom. The maximum absolute atomic E-state index is 5.83. The number of methoxy groups -OCH3 is 1. The van der Waals surface area contributed by atoms with Crippen molar-refractivity contribution in [1.82, 2.24) is 0 Å². The lowest BCUT2D eigenvalue weighted by atomic mass is 10.3. The topological polar surface area (TPSA) is 53.7 Å². The van der Waals surface area contributed by atoms with Crippen LogP contribution in [0.2, 0.25) is 0 Å². The smallest absolute Gasteiger partial charge is 0.161 e. The van der Waals surface area contributed by atoms with Crippen molar-refractivity contribution in [1.29, 1.82) is 0 Å². The van der Waals surface area contributed by atoms with Crippen molar-refractivity contribution in [2.75, 3.05) is 20.3 Å². The molecule has 2 atom stereocenters. The van der Waals surface area contributed by atoms with Gasteiger partial charge in [-0.05, 0) is 31.4 Å². The molecule has 2 unspecified atom stereocenters. The Hall–Kier alpha value is -1.26. The monoisotopic (exact) mass is 251 g/mol. The summed E-state index contributed by atoms with van der Waals surface area (Å²) in [5.74, 6) is 1.51. The van der Waals surface area contributed by atoms with Gasteiger partial charge in [0.2, 0.25) is 0 Å². The summed E-state index contributed by atoms with van der Waals surface area (Å²) in [6, 6.07) is 7.93. The molecule has 1 aliphatic carbocycles. The third kappa shape index (κ3) is 3.62. The van der Waals surface area contributed by atoms with E-state index in [-0.39, 0.29) is 0 Å². The lowest BCUT2D eigenvalue weighted by molar-refractivity contribution is 0.0370. The van der Waals surface area contributed by atoms with Gasteiger partial charge in [0.05, 0.1) is 19.8 Å². The van der Waals surface area contributed by atoms with Gasteiger partial charge in [0.25, 0.3) is 0 Å². The highest BCUT2D eigenvalue weighted by Gasteiger charge is 2.21. The number of para-hydroxylation sites is 2. The molecule has 0 aromatic heterocycles. The molecule has 0 bridgehead atoms. The predicted octanol–water partition coefficient (Wildman–Crippen LogP) is 1.97. The summed E-state index contributed by atoms with van der Waals surface area (Å²) in [4.78, 5) is 0. The Morgan fingerprint density at radius 1 is 1.17 bits per heavy atom. The minimum atomic E-state index is 0.307. The van der Waals surface area contributed by atoms with E-state index in [1.807, 2.05) is 24.3 Å². The average molecular weight is 251 g/mol. The SMILES string of the molecule is COc1ccccc1OCCOC1CCC(N)C1. The molecule has 4 heteroatoms. The van der Waals surface area contributed by atoms with Gasteiger partial charge in [0, 0.05) is 6.04 Å². The third-order valence-corrected chi connectivity index (χ3v) is 3.19. The van der Waals surface area contributed by atoms with E-state index in [9.17, 15) is 0 Å². The maximum atomic E-state index is 5.83. The van der Waals surface area contributed by atoms with Crippen LogP contribution in [0.3, 0.4) is 0 Å². The van der Waals surface area contributed by atoms with E-state index in [1.54, 1.807) is 7.11 Å². The molecular weight excluding hydrogens is 230 g/mol. The molecular formula is C14H21NO3. The fraction of sp³-hybridized carbons (Fsp3) is 0.571. The molecule has 100 valence electrons. The number of hydrogen-bond acceptors (Lipinski definition) is 4. The molecule has 2 N–H and O–H groups in total. The molecule has 1 fully saturated rings. The van der Waals surface area contributed by atoms with E-state index in [2.05, 4.69) is 0 Å². The summed E-state index contributed by atoms with van der Waals surface area (Å²) in [7, 11) is 1.64. The van der Waals surface area contributed by atoms with Crippen molar-refractivity contribution in [2.24, 2.45) is 5.73 Å². The first-order valence-corrected chi connectivity index (χ1v) is 6.42. The molecule has 1 saturated carbocycles. The van der Waals surface area contributed by atoms with Crippen molar-refractivity contribution in [2.45, 2.75) is 31.4 Å². The molecule has 2 rings (SSSR count). The second-order valence-electron chi connectivity index (χ2n) is 4.57. The van der Waals surface area contributed by atoms with Crippen molar-refractivity contribution >= 4 is 0 Å². The van der Waals surface area contributed by atoms with Crippen LogP contribution in [0, 0.1) is 0 Å². The molecule has 1 aliphatic rings. The van der Waals surface area contributed by atoms with Crippen molar-refractivity contribution < 1.29 is 14.2 Å². The molecule has 0 radical (unpaired) electrons. The number of rotatable bonds is 6. The minimum absolute atomic E-state index is 0.307. The van der Waals surface area contributed by atoms with E-state index in [4.69, 9.17) is 19.9 Å². The van der Waals surface area contributed by atoms with E-state index in [1.165, 1.54) is 0 Å². The fourth-order valence-corrected chi connectivity index (χ4v) is 2.23. The van der Waals surface area contributed by atoms with Crippen LogP contribution in [0.15, 0.2) is 24.3 Å². The first-order valence-electron chi connectivity index (χ1n) is 6.42. The highest BCUT2D eigenvalue weighted by Crippen LogP contribution is 2.25. The molecule has 1 aromatic carbocycles. The van der Waals surface area contributed by atoms with Gasteiger partial charge in [-0.15, -0.1) is 0 Å². The van der Waals surface area contributed by atoms with Crippen LogP contribution in [-0.2, 0) is 4.74 Å². The quantitative estimate of drug-likeness (QED) is 0.785. The summed E-state index contributed by atoms with van der Waals surface area (Å²) in [6.45, 7) is 1.13. The minimum Gasteiger partial charge on any atom is -0.493 e. The van der Waals surface area contributed by atoms with Crippen LogP contribution in [-0.4, -0.2) is 32.5 Å². The average Bonchev–Trinajstić information content (AvgIpc) is 2.81. The van der Waals surface area contributed by atoms with E-state index in [0.29, 0.717) is 25.4 Å². The summed E-state index contributed by atoms with van der Waals surface area (Å²) < 4.78 is 16.6. The molecule has 0 saturated heterocycles. The van der Waals surface area contributed by atoms with Gasteiger partial charge >= 0.3 is 0 Å². The highest BCUT2D eigenvalue weighted by atomic mass is 16.5. The summed E-state index contributed by atoms with van der Waals surface area (Å²) >= 11 is 0. The molecule has 18 heavy (non-hydrogen) atoms. The predicted molar refractivity (Wildman–Crippen MR) is 70.1 cm³/mol. The van der Waals surface area contributed by atoms with Gasteiger partial charge < -0.3 is 19.9 Å². The van der Waals surface area contributed by atoms with Crippen LogP contribution in [0.1, 0.15) is 19.3 Å². The summed E-state index contributed by atoms with van der Waals surface area (Å²) in [6.07, 6.45) is 3.41. The fourth-order valence-electron chi connectivity index (χ4n) is 2.23. The van der Waals surface area contributed by atoms with Gasteiger partial charge in [0.1, 0.15) is 6.61 Å². The molecule has 0 heterocycles. The van der Waals surface area contributed by atoms with E-state index >= 15 is 0 Å². The van der Waals surface area contributed by atoms with Crippen LogP contribution >= 0.6 is 0 Å². The standard InChI is InChI=1S/C14H21NO3/c1-16-13-4-2-3-5-14(13)18-9-8-17-12-7-6-11(15)10-12/h2-5,11-12H,6-10,15H2,1H3. The van der Waals surface area contributed by atoms with Crippen molar-refractivity contribution in [3.63, 3.8) is 0 Å². The van der Waals surface area contributed by atoms with Gasteiger partial charge in [0.15, 0.2) is 11.5 Å². The number of benzene rings is 1.